The molecule has 60 valence electrons. The maximum Gasteiger partial charge on any atom is 0.259 e. The second-order valence-electron chi connectivity index (χ2n) is 3.04. The summed E-state index contributed by atoms with van der Waals surface area (Å²) < 4.78 is 0. The van der Waals surface area contributed by atoms with Gasteiger partial charge in [-0.3, -0.25) is 0 Å². The first kappa shape index (κ1) is 10.5. The highest BCUT2D eigenvalue weighted by atomic mass is 35.7. The standard InChI is InChI=1S/C7H14Cl2Si/c1-4-7(2,3)5-6-10(8)9/h5-6,10H,4H2,1-3H3. The molecular weight excluding hydrogens is 183 g/mol. The Morgan fingerprint density at radius 3 is 2.20 bits per heavy atom. The molecule has 0 amide bonds. The summed E-state index contributed by atoms with van der Waals surface area (Å²) in [5.41, 5.74) is 2.21. The van der Waals surface area contributed by atoms with Gasteiger partial charge >= 0.3 is 0 Å². The zero-order valence-electron chi connectivity index (χ0n) is 6.70. The zero-order valence-corrected chi connectivity index (χ0v) is 9.36. The molecular formula is C7H14Cl2Si. The Morgan fingerprint density at radius 2 is 1.90 bits per heavy atom. The lowest BCUT2D eigenvalue weighted by molar-refractivity contribution is 0.463. The van der Waals surface area contributed by atoms with Crippen LogP contribution in [-0.2, 0) is 0 Å². The van der Waals surface area contributed by atoms with Crippen LogP contribution >= 0.6 is 22.2 Å². The molecule has 0 heterocycles. The fraction of sp³-hybridized carbons (Fsp3) is 0.714. The van der Waals surface area contributed by atoms with Gasteiger partial charge in [-0.05, 0) is 11.8 Å². The van der Waals surface area contributed by atoms with Gasteiger partial charge in [0.2, 0.25) is 0 Å². The molecule has 0 radical (unpaired) electrons. The van der Waals surface area contributed by atoms with Gasteiger partial charge in [-0.15, -0.1) is 22.2 Å². The van der Waals surface area contributed by atoms with Crippen LogP contribution in [0.25, 0.3) is 0 Å². The van der Waals surface area contributed by atoms with Crippen LogP contribution in [0.1, 0.15) is 27.2 Å². The molecule has 0 aromatic carbocycles. The van der Waals surface area contributed by atoms with Gasteiger partial charge < -0.3 is 0 Å². The number of hydrogen-bond acceptors (Lipinski definition) is 0. The van der Waals surface area contributed by atoms with Gasteiger partial charge in [-0.1, -0.05) is 32.5 Å². The fourth-order valence-electron chi connectivity index (χ4n) is 0.451. The van der Waals surface area contributed by atoms with Crippen molar-refractivity contribution in [2.24, 2.45) is 5.41 Å². The van der Waals surface area contributed by atoms with Crippen molar-refractivity contribution < 1.29 is 0 Å². The van der Waals surface area contributed by atoms with Crippen LogP contribution in [0.2, 0.25) is 0 Å². The van der Waals surface area contributed by atoms with Crippen molar-refractivity contribution in [2.45, 2.75) is 27.2 Å². The fourth-order valence-corrected chi connectivity index (χ4v) is 1.55. The third-order valence-corrected chi connectivity index (χ3v) is 2.96. The average Bonchev–Trinajstić information content (AvgIpc) is 1.85. The maximum absolute atomic E-state index is 5.66. The molecule has 0 atom stereocenters. The van der Waals surface area contributed by atoms with Crippen LogP contribution in [0.15, 0.2) is 11.8 Å². The van der Waals surface area contributed by atoms with Gasteiger partial charge in [-0.25, -0.2) is 0 Å². The smallest absolute Gasteiger partial charge is 0.145 e. The Hall–Kier alpha value is 0.537. The lowest BCUT2D eigenvalue weighted by Gasteiger charge is -2.16. The van der Waals surface area contributed by atoms with Gasteiger partial charge in [-0.2, -0.15) is 0 Å². The molecule has 3 heteroatoms. The molecule has 0 unspecified atom stereocenters. The molecule has 0 aliphatic carbocycles. The molecule has 10 heavy (non-hydrogen) atoms. The Balaban J connectivity index is 3.86. The SMILES string of the molecule is CCC(C)(C)C=C[SiH](Cl)Cl. The first-order valence-corrected chi connectivity index (χ1v) is 7.61. The topological polar surface area (TPSA) is 0 Å². The molecule has 0 rings (SSSR count). The lowest BCUT2D eigenvalue weighted by Crippen LogP contribution is -2.05. The first-order valence-electron chi connectivity index (χ1n) is 3.45. The zero-order chi connectivity index (χ0) is 8.20. The maximum atomic E-state index is 5.66. The largest absolute Gasteiger partial charge is 0.259 e. The summed E-state index contributed by atoms with van der Waals surface area (Å²) in [4.78, 5) is 0. The summed E-state index contributed by atoms with van der Waals surface area (Å²) in [6, 6.07) is 0. The molecule has 0 aromatic rings. The molecule has 0 nitrogen and oxygen atoms in total. The molecule has 0 bridgehead atoms. The average molecular weight is 197 g/mol. The minimum Gasteiger partial charge on any atom is -0.145 e. The van der Waals surface area contributed by atoms with E-state index < -0.39 is 7.42 Å². The molecule has 0 fully saturated rings. The van der Waals surface area contributed by atoms with E-state index in [-0.39, 0.29) is 5.41 Å². The van der Waals surface area contributed by atoms with Crippen LogP contribution in [0.3, 0.4) is 0 Å². The minimum atomic E-state index is -1.52. The van der Waals surface area contributed by atoms with Crippen molar-refractivity contribution in [3.8, 4) is 0 Å². The number of halogens is 2. The van der Waals surface area contributed by atoms with Crippen molar-refractivity contribution in [1.29, 1.82) is 0 Å². The predicted octanol–water partition coefficient (Wildman–Crippen LogP) is 3.22. The summed E-state index contributed by atoms with van der Waals surface area (Å²) in [6.07, 6.45) is 3.24. The molecule has 0 spiro atoms. The van der Waals surface area contributed by atoms with E-state index in [1.165, 1.54) is 0 Å². The quantitative estimate of drug-likeness (QED) is 0.481. The number of rotatable bonds is 3. The summed E-state index contributed by atoms with van der Waals surface area (Å²) in [7, 11) is -1.52. The Kier molecular flexibility index (Phi) is 4.66. The van der Waals surface area contributed by atoms with Crippen LogP contribution in [0.4, 0.5) is 0 Å². The lowest BCUT2D eigenvalue weighted by atomic mass is 9.91. The van der Waals surface area contributed by atoms with Crippen LogP contribution in [0, 0.1) is 5.41 Å². The van der Waals surface area contributed by atoms with Crippen molar-refractivity contribution in [2.75, 3.05) is 0 Å². The van der Waals surface area contributed by atoms with Gasteiger partial charge in [0, 0.05) is 0 Å². The van der Waals surface area contributed by atoms with E-state index >= 15 is 0 Å². The van der Waals surface area contributed by atoms with Gasteiger partial charge in [0.25, 0.3) is 7.42 Å². The van der Waals surface area contributed by atoms with E-state index in [1.807, 2.05) is 5.70 Å². The number of hydrogen-bond donors (Lipinski definition) is 0. The van der Waals surface area contributed by atoms with E-state index in [0.717, 1.165) is 6.42 Å². The second-order valence-corrected chi connectivity index (χ2v) is 7.58. The molecule has 0 saturated carbocycles. The van der Waals surface area contributed by atoms with Crippen molar-refractivity contribution in [3.63, 3.8) is 0 Å². The van der Waals surface area contributed by atoms with Crippen molar-refractivity contribution >= 4 is 29.6 Å². The molecule has 0 N–H and O–H groups in total. The first-order chi connectivity index (χ1) is 4.48. The molecule has 0 aromatic heterocycles. The highest BCUT2D eigenvalue weighted by Crippen LogP contribution is 2.21. The molecule has 0 saturated heterocycles. The minimum absolute atomic E-state index is 0.259. The van der Waals surface area contributed by atoms with E-state index in [4.69, 9.17) is 22.2 Å². The summed E-state index contributed by atoms with van der Waals surface area (Å²) in [6.45, 7) is 6.51. The van der Waals surface area contributed by atoms with E-state index in [9.17, 15) is 0 Å². The van der Waals surface area contributed by atoms with E-state index in [1.54, 1.807) is 0 Å². The molecule has 0 aliphatic rings. The monoisotopic (exact) mass is 196 g/mol. The Bertz CT molecular complexity index is 119. The summed E-state index contributed by atoms with van der Waals surface area (Å²) in [5.74, 6) is 0. The van der Waals surface area contributed by atoms with Crippen LogP contribution in [0.5, 0.6) is 0 Å². The predicted molar refractivity (Wildman–Crippen MR) is 52.1 cm³/mol. The van der Waals surface area contributed by atoms with E-state index in [2.05, 4.69) is 26.8 Å². The van der Waals surface area contributed by atoms with Gasteiger partial charge in [0.15, 0.2) is 0 Å². The Morgan fingerprint density at radius 1 is 1.40 bits per heavy atom. The van der Waals surface area contributed by atoms with Gasteiger partial charge in [0.05, 0.1) is 0 Å². The summed E-state index contributed by atoms with van der Waals surface area (Å²) in [5, 5.41) is 0. The van der Waals surface area contributed by atoms with Crippen LogP contribution < -0.4 is 0 Å². The third-order valence-electron chi connectivity index (χ3n) is 1.60. The number of allylic oxidation sites excluding steroid dienone is 1. The van der Waals surface area contributed by atoms with E-state index in [0.29, 0.717) is 0 Å². The van der Waals surface area contributed by atoms with Crippen molar-refractivity contribution in [3.05, 3.63) is 11.8 Å². The third kappa shape index (κ3) is 5.33. The highest BCUT2D eigenvalue weighted by Gasteiger charge is 2.10. The highest BCUT2D eigenvalue weighted by molar-refractivity contribution is 7.36. The van der Waals surface area contributed by atoms with Crippen LogP contribution in [-0.4, -0.2) is 7.42 Å². The second kappa shape index (κ2) is 4.42. The molecule has 0 aliphatic heterocycles. The normalized spacial score (nSPS) is 13.4. The van der Waals surface area contributed by atoms with Gasteiger partial charge in [0.1, 0.15) is 0 Å². The summed E-state index contributed by atoms with van der Waals surface area (Å²) >= 11 is 11.3. The Labute approximate surface area is 74.2 Å². The van der Waals surface area contributed by atoms with Crippen molar-refractivity contribution in [1.82, 2.24) is 0 Å².